The predicted molar refractivity (Wildman–Crippen MR) is 68.9 cm³/mol. The van der Waals surface area contributed by atoms with E-state index in [1.165, 1.54) is 5.56 Å². The second-order valence-electron chi connectivity index (χ2n) is 4.59. The largest absolute Gasteiger partial charge is 0.507 e. The number of phenols is 1. The van der Waals surface area contributed by atoms with Crippen molar-refractivity contribution in [3.63, 3.8) is 0 Å². The molecule has 4 nitrogen and oxygen atoms in total. The number of aromatic nitrogens is 2. The average molecular weight is 231 g/mol. The van der Waals surface area contributed by atoms with Gasteiger partial charge in [-0.05, 0) is 36.1 Å². The third-order valence-corrected chi connectivity index (χ3v) is 2.89. The lowest BCUT2D eigenvalue weighted by Crippen LogP contribution is -1.93. The number of benzene rings is 1. The Bertz CT molecular complexity index is 544. The molecule has 4 N–H and O–H groups in total. The van der Waals surface area contributed by atoms with Gasteiger partial charge in [0.15, 0.2) is 0 Å². The first-order valence-electron chi connectivity index (χ1n) is 5.63. The zero-order valence-electron chi connectivity index (χ0n) is 10.3. The Morgan fingerprint density at radius 2 is 2.00 bits per heavy atom. The first kappa shape index (κ1) is 11.5. The summed E-state index contributed by atoms with van der Waals surface area (Å²) in [7, 11) is 0. The number of nitrogen functional groups attached to an aromatic ring is 1. The van der Waals surface area contributed by atoms with Crippen molar-refractivity contribution < 1.29 is 5.11 Å². The fourth-order valence-electron chi connectivity index (χ4n) is 2.02. The highest BCUT2D eigenvalue weighted by molar-refractivity contribution is 5.70. The molecule has 0 saturated carbocycles. The van der Waals surface area contributed by atoms with Crippen molar-refractivity contribution in [2.75, 3.05) is 5.73 Å². The molecule has 0 saturated heterocycles. The van der Waals surface area contributed by atoms with Gasteiger partial charge in [0.1, 0.15) is 11.6 Å². The van der Waals surface area contributed by atoms with Crippen LogP contribution in [0.3, 0.4) is 0 Å². The van der Waals surface area contributed by atoms with Crippen molar-refractivity contribution in [3.8, 4) is 17.0 Å². The molecular weight excluding hydrogens is 214 g/mol. The fraction of sp³-hybridized carbons (Fsp3) is 0.308. The third-order valence-electron chi connectivity index (χ3n) is 2.89. The molecule has 2 aromatic rings. The average Bonchev–Trinajstić information content (AvgIpc) is 2.64. The second kappa shape index (κ2) is 4.13. The molecule has 2 rings (SSSR count). The number of anilines is 1. The number of hydrogen-bond donors (Lipinski definition) is 3. The van der Waals surface area contributed by atoms with Crippen molar-refractivity contribution in [1.29, 1.82) is 0 Å². The topological polar surface area (TPSA) is 74.9 Å². The van der Waals surface area contributed by atoms with Gasteiger partial charge in [-0.3, -0.25) is 5.10 Å². The van der Waals surface area contributed by atoms with E-state index in [0.29, 0.717) is 11.7 Å². The Kier molecular flexibility index (Phi) is 2.79. The highest BCUT2D eigenvalue weighted by Crippen LogP contribution is 2.33. The molecule has 0 bridgehead atoms. The molecule has 1 heterocycles. The van der Waals surface area contributed by atoms with Gasteiger partial charge < -0.3 is 10.8 Å². The summed E-state index contributed by atoms with van der Waals surface area (Å²) in [5.74, 6) is 1.08. The summed E-state index contributed by atoms with van der Waals surface area (Å²) in [6.07, 6.45) is 0. The molecule has 0 aliphatic rings. The number of aromatic hydroxyl groups is 1. The van der Waals surface area contributed by atoms with Crippen LogP contribution in [0.2, 0.25) is 0 Å². The maximum Gasteiger partial charge on any atom is 0.145 e. The fourth-order valence-corrected chi connectivity index (χ4v) is 2.02. The van der Waals surface area contributed by atoms with Crippen LogP contribution in [-0.4, -0.2) is 15.3 Å². The molecule has 0 radical (unpaired) electrons. The Morgan fingerprint density at radius 1 is 1.29 bits per heavy atom. The number of nitrogens with zero attached hydrogens (tertiary/aromatic N) is 1. The van der Waals surface area contributed by atoms with Gasteiger partial charge >= 0.3 is 0 Å². The van der Waals surface area contributed by atoms with Crippen molar-refractivity contribution in [1.82, 2.24) is 10.2 Å². The van der Waals surface area contributed by atoms with E-state index < -0.39 is 0 Å². The summed E-state index contributed by atoms with van der Waals surface area (Å²) in [5.41, 5.74) is 9.35. The van der Waals surface area contributed by atoms with Crippen LogP contribution < -0.4 is 5.73 Å². The molecule has 17 heavy (non-hydrogen) atoms. The van der Waals surface area contributed by atoms with Gasteiger partial charge in [0.2, 0.25) is 0 Å². The Morgan fingerprint density at radius 3 is 2.53 bits per heavy atom. The van der Waals surface area contributed by atoms with Gasteiger partial charge in [-0.25, -0.2) is 0 Å². The third kappa shape index (κ3) is 2.11. The lowest BCUT2D eigenvalue weighted by Gasteiger charge is -2.13. The number of phenolic OH excluding ortho intramolecular Hbond substituents is 1. The van der Waals surface area contributed by atoms with Gasteiger partial charge in [-0.1, -0.05) is 13.8 Å². The van der Waals surface area contributed by atoms with Crippen LogP contribution in [0.1, 0.15) is 30.9 Å². The highest BCUT2D eigenvalue weighted by Gasteiger charge is 2.12. The summed E-state index contributed by atoms with van der Waals surface area (Å²) in [6, 6.07) is 5.48. The lowest BCUT2D eigenvalue weighted by atomic mass is 9.94. The normalized spacial score (nSPS) is 11.1. The summed E-state index contributed by atoms with van der Waals surface area (Å²) in [6.45, 7) is 6.26. The smallest absolute Gasteiger partial charge is 0.145 e. The summed E-state index contributed by atoms with van der Waals surface area (Å²) >= 11 is 0. The molecule has 4 heteroatoms. The van der Waals surface area contributed by atoms with Crippen LogP contribution in [0, 0.1) is 6.92 Å². The van der Waals surface area contributed by atoms with Crippen LogP contribution >= 0.6 is 0 Å². The number of hydrogen-bond acceptors (Lipinski definition) is 3. The standard InChI is InChI=1S/C13H17N3O/c1-7(2)9-5-10(12(17)4-8(9)3)11-6-13(14)16-15-11/h4-7,17H,1-3H3,(H3,14,15,16). The van der Waals surface area contributed by atoms with E-state index in [0.717, 1.165) is 16.8 Å². The number of H-pyrrole nitrogens is 1. The SMILES string of the molecule is Cc1cc(O)c(-c2cc(N)n[nH]2)cc1C(C)C. The zero-order valence-corrected chi connectivity index (χ0v) is 10.3. The van der Waals surface area contributed by atoms with E-state index in [4.69, 9.17) is 5.73 Å². The number of rotatable bonds is 2. The van der Waals surface area contributed by atoms with E-state index in [1.54, 1.807) is 12.1 Å². The predicted octanol–water partition coefficient (Wildman–Crippen LogP) is 2.80. The van der Waals surface area contributed by atoms with Gasteiger partial charge in [-0.2, -0.15) is 5.10 Å². The van der Waals surface area contributed by atoms with E-state index in [-0.39, 0.29) is 5.75 Å². The minimum Gasteiger partial charge on any atom is -0.507 e. The van der Waals surface area contributed by atoms with E-state index in [1.807, 2.05) is 13.0 Å². The molecule has 0 aliphatic carbocycles. The van der Waals surface area contributed by atoms with Crippen LogP contribution in [-0.2, 0) is 0 Å². The Balaban J connectivity index is 2.58. The quantitative estimate of drug-likeness (QED) is 0.744. The van der Waals surface area contributed by atoms with Gasteiger partial charge in [-0.15, -0.1) is 0 Å². The number of aromatic amines is 1. The van der Waals surface area contributed by atoms with Gasteiger partial charge in [0, 0.05) is 11.6 Å². The molecule has 0 fully saturated rings. The van der Waals surface area contributed by atoms with Crippen LogP contribution in [0.5, 0.6) is 5.75 Å². The first-order chi connectivity index (χ1) is 7.99. The first-order valence-corrected chi connectivity index (χ1v) is 5.63. The molecule has 0 aliphatic heterocycles. The van der Waals surface area contributed by atoms with Crippen LogP contribution in [0.4, 0.5) is 5.82 Å². The molecule has 1 aromatic heterocycles. The maximum atomic E-state index is 9.97. The van der Waals surface area contributed by atoms with Crippen LogP contribution in [0.15, 0.2) is 18.2 Å². The Hall–Kier alpha value is -1.97. The maximum absolute atomic E-state index is 9.97. The molecule has 90 valence electrons. The molecular formula is C13H17N3O. The highest BCUT2D eigenvalue weighted by atomic mass is 16.3. The van der Waals surface area contributed by atoms with Gasteiger partial charge in [0.05, 0.1) is 5.69 Å². The summed E-state index contributed by atoms with van der Waals surface area (Å²) in [5, 5.41) is 16.7. The molecule has 0 amide bonds. The monoisotopic (exact) mass is 231 g/mol. The second-order valence-corrected chi connectivity index (χ2v) is 4.59. The van der Waals surface area contributed by atoms with E-state index in [9.17, 15) is 5.11 Å². The minimum atomic E-state index is 0.246. The van der Waals surface area contributed by atoms with Crippen LogP contribution in [0.25, 0.3) is 11.3 Å². The summed E-state index contributed by atoms with van der Waals surface area (Å²) < 4.78 is 0. The number of nitrogens with one attached hydrogen (secondary N) is 1. The Labute approximate surface area is 100 Å². The summed E-state index contributed by atoms with van der Waals surface area (Å²) in [4.78, 5) is 0. The number of aryl methyl sites for hydroxylation is 1. The molecule has 1 aromatic carbocycles. The van der Waals surface area contributed by atoms with Crippen molar-refractivity contribution in [2.45, 2.75) is 26.7 Å². The number of nitrogens with two attached hydrogens (primary N) is 1. The molecule has 0 atom stereocenters. The molecule has 0 spiro atoms. The van der Waals surface area contributed by atoms with Crippen molar-refractivity contribution in [2.24, 2.45) is 0 Å². The zero-order chi connectivity index (χ0) is 12.6. The van der Waals surface area contributed by atoms with E-state index >= 15 is 0 Å². The molecule has 0 unspecified atom stereocenters. The minimum absolute atomic E-state index is 0.246. The van der Waals surface area contributed by atoms with Crippen molar-refractivity contribution >= 4 is 5.82 Å². The van der Waals surface area contributed by atoms with Gasteiger partial charge in [0.25, 0.3) is 0 Å². The van der Waals surface area contributed by atoms with E-state index in [2.05, 4.69) is 24.0 Å². The van der Waals surface area contributed by atoms with Crippen molar-refractivity contribution in [3.05, 3.63) is 29.3 Å². The lowest BCUT2D eigenvalue weighted by molar-refractivity contribution is 0.476.